The van der Waals surface area contributed by atoms with Crippen molar-refractivity contribution >= 4 is 45.7 Å². The van der Waals surface area contributed by atoms with Gasteiger partial charge in [-0.05, 0) is 32.4 Å². The lowest BCUT2D eigenvalue weighted by atomic mass is 10.1. The fourth-order valence-electron chi connectivity index (χ4n) is 2.87. The molecule has 0 saturated heterocycles. The van der Waals surface area contributed by atoms with Gasteiger partial charge < -0.3 is 9.88 Å². The van der Waals surface area contributed by atoms with Crippen LogP contribution in [-0.4, -0.2) is 31.4 Å². The summed E-state index contributed by atoms with van der Waals surface area (Å²) in [5.74, 6) is 1.15. The molecular formula is C20H24ClN5OS2. The van der Waals surface area contributed by atoms with Crippen LogP contribution in [0.4, 0.5) is 5.13 Å². The van der Waals surface area contributed by atoms with Crippen LogP contribution in [0.3, 0.4) is 0 Å². The molecule has 0 spiro atoms. The third-order valence-corrected chi connectivity index (χ3v) is 6.46. The highest BCUT2D eigenvalue weighted by molar-refractivity contribution is 7.99. The number of carbonyl (C=O) groups is 1. The van der Waals surface area contributed by atoms with Gasteiger partial charge in [-0.15, -0.1) is 21.5 Å². The summed E-state index contributed by atoms with van der Waals surface area (Å²) < 4.78 is 2.08. The van der Waals surface area contributed by atoms with E-state index in [0.29, 0.717) is 10.2 Å². The number of hydrogen-bond donors (Lipinski definition) is 1. The van der Waals surface area contributed by atoms with Crippen LogP contribution in [-0.2, 0) is 17.8 Å². The highest BCUT2D eigenvalue weighted by Gasteiger charge is 2.15. The Bertz CT molecular complexity index is 968. The van der Waals surface area contributed by atoms with Crippen molar-refractivity contribution in [2.24, 2.45) is 0 Å². The molecule has 3 rings (SSSR count). The smallest absolute Gasteiger partial charge is 0.236 e. The van der Waals surface area contributed by atoms with Crippen LogP contribution in [0, 0.1) is 6.92 Å². The van der Waals surface area contributed by atoms with Crippen LogP contribution < -0.4 is 5.32 Å². The number of carbonyl (C=O) groups excluding carboxylic acids is 1. The molecule has 2 heterocycles. The van der Waals surface area contributed by atoms with Gasteiger partial charge in [0.15, 0.2) is 10.3 Å². The minimum absolute atomic E-state index is 0.104. The SMILES string of the molecule is CCCCc1nnc(SCC(=O)Nc2nc(-c3ccc(Cl)cc3)c(C)s2)n1CC. The number of anilines is 1. The summed E-state index contributed by atoms with van der Waals surface area (Å²) in [6.07, 6.45) is 3.12. The molecule has 29 heavy (non-hydrogen) atoms. The number of unbranched alkanes of at least 4 members (excludes halogenated alkanes) is 1. The third kappa shape index (κ3) is 5.58. The zero-order chi connectivity index (χ0) is 20.8. The number of benzene rings is 1. The molecule has 154 valence electrons. The van der Waals surface area contributed by atoms with E-state index in [2.05, 4.69) is 38.9 Å². The fourth-order valence-corrected chi connectivity index (χ4v) is 4.67. The average molecular weight is 450 g/mol. The van der Waals surface area contributed by atoms with Gasteiger partial charge in [-0.25, -0.2) is 4.98 Å². The van der Waals surface area contributed by atoms with Gasteiger partial charge in [-0.2, -0.15) is 0 Å². The molecule has 2 aromatic heterocycles. The number of halogens is 1. The first-order chi connectivity index (χ1) is 14.0. The van der Waals surface area contributed by atoms with Crippen molar-refractivity contribution in [3.8, 4) is 11.3 Å². The quantitative estimate of drug-likeness (QED) is 0.439. The van der Waals surface area contributed by atoms with Crippen molar-refractivity contribution in [1.29, 1.82) is 0 Å². The second kappa shape index (κ2) is 10.2. The summed E-state index contributed by atoms with van der Waals surface area (Å²) in [6, 6.07) is 7.53. The van der Waals surface area contributed by atoms with E-state index in [9.17, 15) is 4.79 Å². The molecule has 9 heteroatoms. The minimum atomic E-state index is -0.104. The Morgan fingerprint density at radius 3 is 2.69 bits per heavy atom. The molecular weight excluding hydrogens is 426 g/mol. The van der Waals surface area contributed by atoms with E-state index >= 15 is 0 Å². The van der Waals surface area contributed by atoms with Crippen molar-refractivity contribution in [1.82, 2.24) is 19.7 Å². The van der Waals surface area contributed by atoms with Crippen molar-refractivity contribution in [2.45, 2.75) is 51.7 Å². The van der Waals surface area contributed by atoms with Crippen LogP contribution >= 0.6 is 34.7 Å². The number of aryl methyl sites for hydroxylation is 2. The first-order valence-corrected chi connectivity index (χ1v) is 11.8. The Hall–Kier alpha value is -1.90. The molecule has 1 N–H and O–H groups in total. The Morgan fingerprint density at radius 2 is 2.00 bits per heavy atom. The van der Waals surface area contributed by atoms with Gasteiger partial charge in [-0.1, -0.05) is 48.8 Å². The van der Waals surface area contributed by atoms with E-state index in [1.807, 2.05) is 31.2 Å². The van der Waals surface area contributed by atoms with Crippen LogP contribution in [0.1, 0.15) is 37.4 Å². The van der Waals surface area contributed by atoms with Gasteiger partial charge in [0.1, 0.15) is 5.82 Å². The number of rotatable bonds is 9. The molecule has 0 fully saturated rings. The van der Waals surface area contributed by atoms with Crippen LogP contribution in [0.2, 0.25) is 5.02 Å². The molecule has 1 amide bonds. The van der Waals surface area contributed by atoms with Gasteiger partial charge in [-0.3, -0.25) is 4.79 Å². The van der Waals surface area contributed by atoms with Crippen LogP contribution in [0.5, 0.6) is 0 Å². The first-order valence-electron chi connectivity index (χ1n) is 9.59. The predicted molar refractivity (Wildman–Crippen MR) is 121 cm³/mol. The highest BCUT2D eigenvalue weighted by Crippen LogP contribution is 2.31. The molecule has 0 unspecified atom stereocenters. The molecule has 0 atom stereocenters. The number of nitrogens with one attached hydrogen (secondary N) is 1. The third-order valence-electron chi connectivity index (χ3n) is 4.36. The number of thiazole rings is 1. The van der Waals surface area contributed by atoms with Crippen LogP contribution in [0.25, 0.3) is 11.3 Å². The van der Waals surface area contributed by atoms with Gasteiger partial charge in [0.25, 0.3) is 0 Å². The van der Waals surface area contributed by atoms with Gasteiger partial charge >= 0.3 is 0 Å². The summed E-state index contributed by atoms with van der Waals surface area (Å²) in [6.45, 7) is 7.02. The van der Waals surface area contributed by atoms with Gasteiger partial charge in [0.2, 0.25) is 5.91 Å². The van der Waals surface area contributed by atoms with Gasteiger partial charge in [0.05, 0.1) is 11.4 Å². The number of aromatic nitrogens is 4. The standard InChI is InChI=1S/C20H24ClN5OS2/c1-4-6-7-16-24-25-20(26(16)5-2)28-12-17(27)22-19-23-18(13(3)29-19)14-8-10-15(21)11-9-14/h8-11H,4-7,12H2,1-3H3,(H,22,23,27). The maximum atomic E-state index is 12.4. The fraction of sp³-hybridized carbons (Fsp3) is 0.400. The van der Waals surface area contributed by atoms with Crippen LogP contribution in [0.15, 0.2) is 29.4 Å². The first kappa shape index (κ1) is 21.8. The summed E-state index contributed by atoms with van der Waals surface area (Å²) in [7, 11) is 0. The van der Waals surface area contributed by atoms with Crippen molar-refractivity contribution in [3.63, 3.8) is 0 Å². The number of amides is 1. The van der Waals surface area contributed by atoms with Crippen molar-refractivity contribution < 1.29 is 4.79 Å². The zero-order valence-corrected chi connectivity index (χ0v) is 19.1. The second-order valence-corrected chi connectivity index (χ2v) is 9.10. The Morgan fingerprint density at radius 1 is 1.24 bits per heavy atom. The lowest BCUT2D eigenvalue weighted by Gasteiger charge is -2.06. The van der Waals surface area contributed by atoms with E-state index < -0.39 is 0 Å². The van der Waals surface area contributed by atoms with E-state index in [0.717, 1.165) is 52.9 Å². The number of nitrogens with zero attached hydrogens (tertiary/aromatic N) is 4. The maximum Gasteiger partial charge on any atom is 0.236 e. The molecule has 0 aliphatic rings. The monoisotopic (exact) mass is 449 g/mol. The predicted octanol–water partition coefficient (Wildman–Crippen LogP) is 5.46. The zero-order valence-electron chi connectivity index (χ0n) is 16.7. The number of hydrogen-bond acceptors (Lipinski definition) is 6. The molecule has 6 nitrogen and oxygen atoms in total. The second-order valence-electron chi connectivity index (χ2n) is 6.51. The van der Waals surface area contributed by atoms with Crippen molar-refractivity contribution in [3.05, 3.63) is 40.0 Å². The summed E-state index contributed by atoms with van der Waals surface area (Å²) in [4.78, 5) is 18.0. The lowest BCUT2D eigenvalue weighted by molar-refractivity contribution is -0.113. The average Bonchev–Trinajstić information content (AvgIpc) is 3.27. The Kier molecular flexibility index (Phi) is 7.69. The molecule has 1 aromatic carbocycles. The van der Waals surface area contributed by atoms with E-state index in [1.165, 1.54) is 23.1 Å². The molecule has 0 aliphatic heterocycles. The summed E-state index contributed by atoms with van der Waals surface area (Å²) in [5, 5.41) is 13.5. The highest BCUT2D eigenvalue weighted by atomic mass is 35.5. The molecule has 0 saturated carbocycles. The van der Waals surface area contributed by atoms with E-state index in [1.54, 1.807) is 0 Å². The van der Waals surface area contributed by atoms with Gasteiger partial charge in [0, 0.05) is 28.4 Å². The summed E-state index contributed by atoms with van der Waals surface area (Å²) >= 11 is 8.83. The minimum Gasteiger partial charge on any atom is -0.306 e. The van der Waals surface area contributed by atoms with E-state index in [-0.39, 0.29) is 11.7 Å². The summed E-state index contributed by atoms with van der Waals surface area (Å²) in [5.41, 5.74) is 1.84. The lowest BCUT2D eigenvalue weighted by Crippen LogP contribution is -2.14. The maximum absolute atomic E-state index is 12.4. The molecule has 3 aromatic rings. The topological polar surface area (TPSA) is 72.7 Å². The molecule has 0 radical (unpaired) electrons. The van der Waals surface area contributed by atoms with Crippen molar-refractivity contribution in [2.75, 3.05) is 11.1 Å². The molecule has 0 aliphatic carbocycles. The number of thioether (sulfide) groups is 1. The Labute approximate surface area is 184 Å². The van der Waals surface area contributed by atoms with E-state index in [4.69, 9.17) is 11.6 Å². The largest absolute Gasteiger partial charge is 0.306 e. The normalized spacial score (nSPS) is 11.0. The Balaban J connectivity index is 1.61. The molecule has 0 bridgehead atoms.